The summed E-state index contributed by atoms with van der Waals surface area (Å²) in [5.74, 6) is 0.569. The average Bonchev–Trinajstić information content (AvgIpc) is 3.20. The predicted molar refractivity (Wildman–Crippen MR) is 91.7 cm³/mol. The van der Waals surface area contributed by atoms with E-state index < -0.39 is 0 Å². The van der Waals surface area contributed by atoms with Crippen molar-refractivity contribution in [1.82, 2.24) is 20.1 Å². The lowest BCUT2D eigenvalue weighted by Gasteiger charge is -2.31. The zero-order valence-corrected chi connectivity index (χ0v) is 14.5. The van der Waals surface area contributed by atoms with Crippen LogP contribution in [0.4, 0.5) is 5.13 Å². The van der Waals surface area contributed by atoms with E-state index in [-0.39, 0.29) is 5.91 Å². The maximum Gasteiger partial charge on any atom is 0.225 e. The van der Waals surface area contributed by atoms with Gasteiger partial charge in [0.25, 0.3) is 0 Å². The van der Waals surface area contributed by atoms with Crippen molar-refractivity contribution in [1.29, 1.82) is 0 Å². The Balaban J connectivity index is 1.63. The van der Waals surface area contributed by atoms with Gasteiger partial charge in [-0.05, 0) is 32.4 Å². The number of likely N-dealkylation sites (tertiary alicyclic amines) is 1. The predicted octanol–water partition coefficient (Wildman–Crippen LogP) is 2.62. The minimum Gasteiger partial charge on any atom is -0.297 e. The third-order valence-corrected chi connectivity index (χ3v) is 5.23. The molecule has 1 aliphatic heterocycles. The normalized spacial score (nSPS) is 19.0. The molecule has 0 aromatic carbocycles. The fourth-order valence-electron chi connectivity index (χ4n) is 3.16. The molecular weight excluding hydrogens is 310 g/mol. The molecule has 1 amide bonds. The van der Waals surface area contributed by atoms with E-state index >= 15 is 0 Å². The molecule has 1 aliphatic rings. The molecule has 0 aliphatic carbocycles. The Morgan fingerprint density at radius 1 is 1.57 bits per heavy atom. The summed E-state index contributed by atoms with van der Waals surface area (Å²) in [5.41, 5.74) is 2.28. The summed E-state index contributed by atoms with van der Waals surface area (Å²) >= 11 is 1.55. The quantitative estimate of drug-likeness (QED) is 0.913. The van der Waals surface area contributed by atoms with E-state index in [9.17, 15) is 4.79 Å². The summed E-state index contributed by atoms with van der Waals surface area (Å²) in [7, 11) is 0. The van der Waals surface area contributed by atoms with E-state index in [0.29, 0.717) is 12.5 Å². The van der Waals surface area contributed by atoms with Crippen LogP contribution in [0, 0.1) is 0 Å². The lowest BCUT2D eigenvalue weighted by molar-refractivity contribution is -0.116. The van der Waals surface area contributed by atoms with E-state index in [4.69, 9.17) is 0 Å². The van der Waals surface area contributed by atoms with Crippen molar-refractivity contribution in [3.8, 4) is 0 Å². The number of H-pyrrole nitrogens is 1. The highest BCUT2D eigenvalue weighted by Gasteiger charge is 2.23. The number of aromatic amines is 1. The second-order valence-corrected chi connectivity index (χ2v) is 6.81. The van der Waals surface area contributed by atoms with Crippen LogP contribution in [0.1, 0.15) is 44.0 Å². The van der Waals surface area contributed by atoms with Crippen molar-refractivity contribution < 1.29 is 4.79 Å². The molecule has 3 rings (SSSR count). The molecule has 0 unspecified atom stereocenters. The number of hydrogen-bond acceptors (Lipinski definition) is 5. The Morgan fingerprint density at radius 2 is 2.43 bits per heavy atom. The van der Waals surface area contributed by atoms with Crippen LogP contribution in [-0.2, 0) is 11.3 Å². The molecule has 124 valence electrons. The molecule has 2 aromatic heterocycles. The van der Waals surface area contributed by atoms with Crippen molar-refractivity contribution in [3.05, 3.63) is 29.0 Å². The van der Waals surface area contributed by atoms with Crippen LogP contribution in [0.5, 0.6) is 0 Å². The largest absolute Gasteiger partial charge is 0.297 e. The molecule has 3 heterocycles. The van der Waals surface area contributed by atoms with Crippen LogP contribution >= 0.6 is 11.3 Å². The number of nitrogens with zero attached hydrogens (tertiary/aromatic N) is 4. The fraction of sp³-hybridized carbons (Fsp3) is 0.562. The Labute approximate surface area is 140 Å². The van der Waals surface area contributed by atoms with Gasteiger partial charge in [-0.1, -0.05) is 0 Å². The SMILES string of the molecule is CCN(C(C)=O)c1nc(CN2CCC[C@@H](c3ccn[nH]3)C2)cs1. The van der Waals surface area contributed by atoms with Gasteiger partial charge in [0.2, 0.25) is 5.91 Å². The topological polar surface area (TPSA) is 65.1 Å². The Bertz CT molecular complexity index is 639. The molecule has 1 N–H and O–H groups in total. The highest BCUT2D eigenvalue weighted by molar-refractivity contribution is 7.14. The molecular formula is C16H23N5OS. The number of anilines is 1. The van der Waals surface area contributed by atoms with E-state index in [2.05, 4.69) is 31.5 Å². The summed E-state index contributed by atoms with van der Waals surface area (Å²) in [4.78, 5) is 20.4. The Morgan fingerprint density at radius 3 is 3.13 bits per heavy atom. The molecule has 23 heavy (non-hydrogen) atoms. The number of carbonyl (C=O) groups excluding carboxylic acids is 1. The first-order valence-electron chi connectivity index (χ1n) is 8.11. The van der Waals surface area contributed by atoms with Crippen molar-refractivity contribution in [2.45, 2.75) is 39.2 Å². The highest BCUT2D eigenvalue weighted by atomic mass is 32.1. The third kappa shape index (κ3) is 3.79. The first kappa shape index (κ1) is 16.1. The first-order chi connectivity index (χ1) is 11.2. The lowest BCUT2D eigenvalue weighted by atomic mass is 9.95. The van der Waals surface area contributed by atoms with Gasteiger partial charge in [-0.2, -0.15) is 5.10 Å². The fourth-order valence-corrected chi connectivity index (χ4v) is 4.09. The van der Waals surface area contributed by atoms with Gasteiger partial charge in [0.05, 0.1) is 5.69 Å². The van der Waals surface area contributed by atoms with E-state index in [0.717, 1.165) is 30.5 Å². The Hall–Kier alpha value is -1.73. The van der Waals surface area contributed by atoms with E-state index in [1.165, 1.54) is 18.5 Å². The number of amides is 1. The standard InChI is InChI=1S/C16H23N5OS/c1-3-21(12(2)22)16-18-14(11-23-16)10-20-8-4-5-13(9-20)15-6-7-17-19-15/h6-7,11,13H,3-5,8-10H2,1-2H3,(H,17,19)/t13-/m1/s1. The molecule has 6 nitrogen and oxygen atoms in total. The van der Waals surface area contributed by atoms with Crippen molar-refractivity contribution >= 4 is 22.4 Å². The summed E-state index contributed by atoms with van der Waals surface area (Å²) in [5, 5.41) is 10.0. The van der Waals surface area contributed by atoms with Gasteiger partial charge in [0.15, 0.2) is 5.13 Å². The first-order valence-corrected chi connectivity index (χ1v) is 8.99. The van der Waals surface area contributed by atoms with E-state index in [1.54, 1.807) is 23.2 Å². The number of carbonyl (C=O) groups is 1. The van der Waals surface area contributed by atoms with Crippen molar-refractivity contribution in [3.63, 3.8) is 0 Å². The molecule has 0 radical (unpaired) electrons. The van der Waals surface area contributed by atoms with Gasteiger partial charge in [-0.25, -0.2) is 4.98 Å². The minimum atomic E-state index is 0.0469. The van der Waals surface area contributed by atoms with Crippen molar-refractivity contribution in [2.75, 3.05) is 24.5 Å². The van der Waals surface area contributed by atoms with Crippen molar-refractivity contribution in [2.24, 2.45) is 0 Å². The summed E-state index contributed by atoms with van der Waals surface area (Å²) in [6.07, 6.45) is 4.21. The molecule has 7 heteroatoms. The number of rotatable bonds is 5. The van der Waals surface area contributed by atoms with Crippen LogP contribution in [-0.4, -0.2) is 45.6 Å². The zero-order chi connectivity index (χ0) is 16.2. The number of nitrogens with one attached hydrogen (secondary N) is 1. The van der Waals surface area contributed by atoms with Crippen LogP contribution in [0.25, 0.3) is 0 Å². The molecule has 0 bridgehead atoms. The summed E-state index contributed by atoms with van der Waals surface area (Å²) in [6.45, 7) is 7.19. The molecule has 0 spiro atoms. The molecule has 1 saturated heterocycles. The lowest BCUT2D eigenvalue weighted by Crippen LogP contribution is -2.34. The van der Waals surface area contributed by atoms with Gasteiger partial charge in [-0.3, -0.25) is 19.7 Å². The van der Waals surface area contributed by atoms with Gasteiger partial charge in [0, 0.05) is 49.7 Å². The second kappa shape index (κ2) is 7.23. The molecule has 1 atom stereocenters. The summed E-state index contributed by atoms with van der Waals surface area (Å²) < 4.78 is 0. The number of hydrogen-bond donors (Lipinski definition) is 1. The number of piperidine rings is 1. The maximum absolute atomic E-state index is 11.6. The van der Waals surface area contributed by atoms with Crippen LogP contribution in [0.2, 0.25) is 0 Å². The third-order valence-electron chi connectivity index (χ3n) is 4.32. The zero-order valence-electron chi connectivity index (χ0n) is 13.7. The molecule has 1 fully saturated rings. The van der Waals surface area contributed by atoms with Gasteiger partial charge < -0.3 is 0 Å². The second-order valence-electron chi connectivity index (χ2n) is 5.97. The van der Waals surface area contributed by atoms with Crippen LogP contribution in [0.15, 0.2) is 17.6 Å². The average molecular weight is 333 g/mol. The smallest absolute Gasteiger partial charge is 0.225 e. The molecule has 0 saturated carbocycles. The maximum atomic E-state index is 11.6. The minimum absolute atomic E-state index is 0.0469. The van der Waals surface area contributed by atoms with Gasteiger partial charge in [0.1, 0.15) is 0 Å². The summed E-state index contributed by atoms with van der Waals surface area (Å²) in [6, 6.07) is 2.07. The van der Waals surface area contributed by atoms with Crippen LogP contribution < -0.4 is 4.90 Å². The molecule has 2 aromatic rings. The van der Waals surface area contributed by atoms with Crippen LogP contribution in [0.3, 0.4) is 0 Å². The highest BCUT2D eigenvalue weighted by Crippen LogP contribution is 2.27. The monoisotopic (exact) mass is 333 g/mol. The number of aromatic nitrogens is 3. The Kier molecular flexibility index (Phi) is 5.07. The van der Waals surface area contributed by atoms with E-state index in [1.807, 2.05) is 13.1 Å². The van der Waals surface area contributed by atoms with Gasteiger partial charge >= 0.3 is 0 Å². The number of thiazole rings is 1. The van der Waals surface area contributed by atoms with Gasteiger partial charge in [-0.15, -0.1) is 11.3 Å².